The van der Waals surface area contributed by atoms with Gasteiger partial charge in [0, 0.05) is 17.1 Å². The van der Waals surface area contributed by atoms with E-state index in [0.717, 1.165) is 22.0 Å². The minimum Gasteiger partial charge on any atom is -0.449 e. The molecule has 0 aliphatic rings. The fourth-order valence-electron chi connectivity index (χ4n) is 2.39. The molecule has 0 fully saturated rings. The molecule has 0 atom stereocenters. The van der Waals surface area contributed by atoms with Gasteiger partial charge in [-0.1, -0.05) is 48.5 Å². The summed E-state index contributed by atoms with van der Waals surface area (Å²) in [4.78, 5) is 12.0. The van der Waals surface area contributed by atoms with Crippen LogP contribution in [0.1, 0.15) is 6.92 Å². The van der Waals surface area contributed by atoms with E-state index < -0.39 is 0 Å². The lowest BCUT2D eigenvalue weighted by molar-refractivity contribution is 0.155. The summed E-state index contributed by atoms with van der Waals surface area (Å²) in [6, 6.07) is 18.0. The van der Waals surface area contributed by atoms with Gasteiger partial charge in [-0.15, -0.1) is 0 Å². The minimum absolute atomic E-state index is 0.342. The number of hydrogen-bond acceptors (Lipinski definition) is 2. The minimum atomic E-state index is -0.342. The molecule has 3 nitrogen and oxygen atoms in total. The molecule has 0 bridgehead atoms. The number of benzene rings is 2. The summed E-state index contributed by atoms with van der Waals surface area (Å²) in [7, 11) is 0. The molecule has 1 aromatic heterocycles. The predicted octanol–water partition coefficient (Wildman–Crippen LogP) is 4.31. The second kappa shape index (κ2) is 5.21. The third-order valence-corrected chi connectivity index (χ3v) is 3.26. The van der Waals surface area contributed by atoms with Crippen molar-refractivity contribution >= 4 is 17.0 Å². The Kier molecular flexibility index (Phi) is 3.25. The van der Waals surface area contributed by atoms with E-state index in [9.17, 15) is 4.79 Å². The SMILES string of the molecule is CCOC(=O)n1ccc2cccc(-c3ccccc3)c21. The zero-order valence-corrected chi connectivity index (χ0v) is 11.2. The van der Waals surface area contributed by atoms with E-state index in [1.807, 2.05) is 61.5 Å². The van der Waals surface area contributed by atoms with Gasteiger partial charge in [-0.25, -0.2) is 4.79 Å². The van der Waals surface area contributed by atoms with Crippen molar-refractivity contribution in [1.29, 1.82) is 0 Å². The van der Waals surface area contributed by atoms with Crippen LogP contribution in [0.2, 0.25) is 0 Å². The number of rotatable bonds is 2. The zero-order valence-electron chi connectivity index (χ0n) is 11.2. The van der Waals surface area contributed by atoms with Gasteiger partial charge in [0.2, 0.25) is 0 Å². The van der Waals surface area contributed by atoms with Crippen molar-refractivity contribution in [2.24, 2.45) is 0 Å². The van der Waals surface area contributed by atoms with Crippen LogP contribution in [0.15, 0.2) is 60.8 Å². The number of nitrogens with zero attached hydrogens (tertiary/aromatic N) is 1. The van der Waals surface area contributed by atoms with Gasteiger partial charge in [0.1, 0.15) is 0 Å². The number of carbonyl (C=O) groups excluding carboxylic acids is 1. The standard InChI is InChI=1S/C17H15NO2/c1-2-20-17(19)18-12-11-14-9-6-10-15(16(14)18)13-7-4-3-5-8-13/h3-12H,2H2,1H3. The van der Waals surface area contributed by atoms with E-state index >= 15 is 0 Å². The van der Waals surface area contributed by atoms with Crippen molar-refractivity contribution < 1.29 is 9.53 Å². The first-order valence-electron chi connectivity index (χ1n) is 6.64. The Morgan fingerprint density at radius 2 is 1.85 bits per heavy atom. The molecule has 0 unspecified atom stereocenters. The van der Waals surface area contributed by atoms with Crippen LogP contribution >= 0.6 is 0 Å². The maximum absolute atomic E-state index is 12.0. The van der Waals surface area contributed by atoms with Gasteiger partial charge >= 0.3 is 6.09 Å². The molecule has 20 heavy (non-hydrogen) atoms. The largest absolute Gasteiger partial charge is 0.449 e. The third kappa shape index (κ3) is 2.07. The van der Waals surface area contributed by atoms with E-state index in [4.69, 9.17) is 4.74 Å². The molecule has 1 heterocycles. The van der Waals surface area contributed by atoms with E-state index in [0.29, 0.717) is 6.61 Å². The number of aromatic nitrogens is 1. The van der Waals surface area contributed by atoms with Crippen LogP contribution in [0, 0.1) is 0 Å². The Labute approximate surface area is 117 Å². The Hall–Kier alpha value is -2.55. The number of ether oxygens (including phenoxy) is 1. The molecule has 0 spiro atoms. The average Bonchev–Trinajstić information content (AvgIpc) is 2.92. The van der Waals surface area contributed by atoms with Crippen LogP contribution < -0.4 is 0 Å². The van der Waals surface area contributed by atoms with E-state index in [-0.39, 0.29) is 6.09 Å². The third-order valence-electron chi connectivity index (χ3n) is 3.26. The van der Waals surface area contributed by atoms with Gasteiger partial charge in [0.15, 0.2) is 0 Å². The molecule has 3 aromatic rings. The zero-order chi connectivity index (χ0) is 13.9. The van der Waals surface area contributed by atoms with E-state index in [1.54, 1.807) is 10.8 Å². The first kappa shape index (κ1) is 12.5. The topological polar surface area (TPSA) is 31.2 Å². The fraction of sp³-hybridized carbons (Fsp3) is 0.118. The van der Waals surface area contributed by atoms with Crippen molar-refractivity contribution in [3.8, 4) is 11.1 Å². The Morgan fingerprint density at radius 3 is 2.60 bits per heavy atom. The molecular formula is C17H15NO2. The molecule has 3 heteroatoms. The molecule has 0 amide bonds. The number of para-hydroxylation sites is 1. The molecular weight excluding hydrogens is 250 g/mol. The van der Waals surface area contributed by atoms with Gasteiger partial charge in [0.05, 0.1) is 12.1 Å². The van der Waals surface area contributed by atoms with Crippen molar-refractivity contribution in [3.05, 3.63) is 60.8 Å². The van der Waals surface area contributed by atoms with Crippen LogP contribution in [0.3, 0.4) is 0 Å². The lowest BCUT2D eigenvalue weighted by Crippen LogP contribution is -2.12. The average molecular weight is 265 g/mol. The van der Waals surface area contributed by atoms with Gasteiger partial charge in [-0.2, -0.15) is 0 Å². The highest BCUT2D eigenvalue weighted by atomic mass is 16.5. The van der Waals surface area contributed by atoms with Crippen molar-refractivity contribution in [2.75, 3.05) is 6.61 Å². The summed E-state index contributed by atoms with van der Waals surface area (Å²) in [5.41, 5.74) is 3.00. The Morgan fingerprint density at radius 1 is 1.05 bits per heavy atom. The summed E-state index contributed by atoms with van der Waals surface area (Å²) in [5.74, 6) is 0. The second-order valence-electron chi connectivity index (χ2n) is 4.49. The van der Waals surface area contributed by atoms with Gasteiger partial charge < -0.3 is 4.74 Å². The molecule has 0 saturated carbocycles. The molecule has 0 aliphatic carbocycles. The van der Waals surface area contributed by atoms with E-state index in [1.165, 1.54) is 0 Å². The molecule has 2 aromatic carbocycles. The van der Waals surface area contributed by atoms with Crippen LogP contribution in [-0.4, -0.2) is 17.3 Å². The molecule has 0 N–H and O–H groups in total. The number of hydrogen-bond donors (Lipinski definition) is 0. The maximum Gasteiger partial charge on any atom is 0.418 e. The summed E-state index contributed by atoms with van der Waals surface area (Å²) in [5, 5.41) is 1.03. The number of carbonyl (C=O) groups is 1. The highest BCUT2D eigenvalue weighted by Crippen LogP contribution is 2.29. The van der Waals surface area contributed by atoms with Crippen LogP contribution in [0.5, 0.6) is 0 Å². The Balaban J connectivity index is 2.23. The lowest BCUT2D eigenvalue weighted by atomic mass is 10.0. The first-order chi connectivity index (χ1) is 9.81. The summed E-state index contributed by atoms with van der Waals surface area (Å²) >= 11 is 0. The number of fused-ring (bicyclic) bond motifs is 1. The predicted molar refractivity (Wildman–Crippen MR) is 79.8 cm³/mol. The smallest absolute Gasteiger partial charge is 0.418 e. The second-order valence-corrected chi connectivity index (χ2v) is 4.49. The lowest BCUT2D eigenvalue weighted by Gasteiger charge is -2.09. The highest BCUT2D eigenvalue weighted by Gasteiger charge is 2.13. The first-order valence-corrected chi connectivity index (χ1v) is 6.64. The summed E-state index contributed by atoms with van der Waals surface area (Å²) < 4.78 is 6.68. The van der Waals surface area contributed by atoms with Crippen LogP contribution in [-0.2, 0) is 4.74 Å². The van der Waals surface area contributed by atoms with Crippen molar-refractivity contribution in [1.82, 2.24) is 4.57 Å². The molecule has 0 saturated heterocycles. The molecule has 0 radical (unpaired) electrons. The van der Waals surface area contributed by atoms with Crippen LogP contribution in [0.4, 0.5) is 4.79 Å². The Bertz CT molecular complexity index is 744. The van der Waals surface area contributed by atoms with E-state index in [2.05, 4.69) is 0 Å². The molecule has 3 rings (SSSR count). The van der Waals surface area contributed by atoms with Gasteiger partial charge in [0.25, 0.3) is 0 Å². The quantitative estimate of drug-likeness (QED) is 0.691. The molecule has 0 aliphatic heterocycles. The normalized spacial score (nSPS) is 10.7. The van der Waals surface area contributed by atoms with Crippen molar-refractivity contribution in [2.45, 2.75) is 6.92 Å². The molecule has 100 valence electrons. The van der Waals surface area contributed by atoms with Gasteiger partial charge in [-0.05, 0) is 18.6 Å². The summed E-state index contributed by atoms with van der Waals surface area (Å²) in [6.07, 6.45) is 1.42. The monoisotopic (exact) mass is 265 g/mol. The van der Waals surface area contributed by atoms with Crippen LogP contribution in [0.25, 0.3) is 22.0 Å². The fourth-order valence-corrected chi connectivity index (χ4v) is 2.39. The highest BCUT2D eigenvalue weighted by molar-refractivity contribution is 5.99. The van der Waals surface area contributed by atoms with Gasteiger partial charge in [-0.3, -0.25) is 4.57 Å². The summed E-state index contributed by atoms with van der Waals surface area (Å²) in [6.45, 7) is 2.17. The maximum atomic E-state index is 12.0. The van der Waals surface area contributed by atoms with Crippen molar-refractivity contribution in [3.63, 3.8) is 0 Å².